The molecule has 0 atom stereocenters. The number of nitrogens with zero attached hydrogens (tertiary/aromatic N) is 2. The molecular formula is C14H15N3O2. The van der Waals surface area contributed by atoms with E-state index in [2.05, 4.69) is 0 Å². The molecule has 5 nitrogen and oxygen atoms in total. The van der Waals surface area contributed by atoms with E-state index >= 15 is 0 Å². The van der Waals surface area contributed by atoms with Crippen LogP contribution >= 0.6 is 0 Å². The molecule has 0 aliphatic heterocycles. The first-order chi connectivity index (χ1) is 9.00. The molecule has 2 aromatic rings. The summed E-state index contributed by atoms with van der Waals surface area (Å²) < 4.78 is 0. The first-order valence-corrected chi connectivity index (χ1v) is 5.84. The molecule has 98 valence electrons. The minimum Gasteiger partial charge on any atom is -0.393 e. The molecule has 2 rings (SSSR count). The van der Waals surface area contributed by atoms with Crippen LogP contribution in [-0.4, -0.2) is 12.0 Å². The highest BCUT2D eigenvalue weighted by Crippen LogP contribution is 2.36. The second-order valence-corrected chi connectivity index (χ2v) is 4.37. The van der Waals surface area contributed by atoms with Gasteiger partial charge in [-0.3, -0.25) is 10.1 Å². The fraction of sp³-hybridized carbons (Fsp3) is 0.143. The number of nitrogen functional groups attached to an aromatic ring is 1. The van der Waals surface area contributed by atoms with Crippen LogP contribution in [0, 0.1) is 17.0 Å². The van der Waals surface area contributed by atoms with Gasteiger partial charge < -0.3 is 10.6 Å². The van der Waals surface area contributed by atoms with Gasteiger partial charge in [-0.25, -0.2) is 0 Å². The highest BCUT2D eigenvalue weighted by Gasteiger charge is 2.21. The van der Waals surface area contributed by atoms with Crippen LogP contribution < -0.4 is 10.6 Å². The number of benzene rings is 2. The maximum atomic E-state index is 11.1. The Morgan fingerprint density at radius 2 is 1.89 bits per heavy atom. The fourth-order valence-electron chi connectivity index (χ4n) is 1.99. The Morgan fingerprint density at radius 3 is 2.53 bits per heavy atom. The molecule has 0 heterocycles. The third-order valence-corrected chi connectivity index (χ3v) is 2.98. The second-order valence-electron chi connectivity index (χ2n) is 4.37. The average molecular weight is 257 g/mol. The third kappa shape index (κ3) is 2.49. The van der Waals surface area contributed by atoms with Crippen LogP contribution in [0.25, 0.3) is 0 Å². The summed E-state index contributed by atoms with van der Waals surface area (Å²) >= 11 is 0. The Morgan fingerprint density at radius 1 is 1.21 bits per heavy atom. The molecule has 0 bridgehead atoms. The van der Waals surface area contributed by atoms with Gasteiger partial charge in [-0.05, 0) is 36.8 Å². The lowest BCUT2D eigenvalue weighted by atomic mass is 10.1. The van der Waals surface area contributed by atoms with E-state index in [0.717, 1.165) is 11.3 Å². The number of anilines is 3. The zero-order valence-electron chi connectivity index (χ0n) is 10.8. The van der Waals surface area contributed by atoms with E-state index < -0.39 is 4.92 Å². The van der Waals surface area contributed by atoms with Gasteiger partial charge in [0.2, 0.25) is 0 Å². The maximum Gasteiger partial charge on any atom is 0.315 e. The third-order valence-electron chi connectivity index (χ3n) is 2.98. The van der Waals surface area contributed by atoms with E-state index in [1.807, 2.05) is 31.2 Å². The number of nitro groups is 1. The summed E-state index contributed by atoms with van der Waals surface area (Å²) in [4.78, 5) is 12.5. The van der Waals surface area contributed by atoms with Gasteiger partial charge in [0.15, 0.2) is 0 Å². The summed E-state index contributed by atoms with van der Waals surface area (Å²) in [5.41, 5.74) is 8.26. The monoisotopic (exact) mass is 257 g/mol. The summed E-state index contributed by atoms with van der Waals surface area (Å²) in [5.74, 6) is 0. The van der Waals surface area contributed by atoms with Gasteiger partial charge >= 0.3 is 5.69 Å². The molecule has 0 aromatic heterocycles. The van der Waals surface area contributed by atoms with Crippen LogP contribution in [0.3, 0.4) is 0 Å². The SMILES string of the molecule is Cc1cccc(N(C)c2cccc(N)c2[N+](=O)[O-])c1. The lowest BCUT2D eigenvalue weighted by Crippen LogP contribution is -2.12. The van der Waals surface area contributed by atoms with Gasteiger partial charge in [0.05, 0.1) is 4.92 Å². The smallest absolute Gasteiger partial charge is 0.315 e. The Bertz CT molecular complexity index is 626. The number of rotatable bonds is 3. The van der Waals surface area contributed by atoms with Gasteiger partial charge in [0.1, 0.15) is 11.4 Å². The molecule has 5 heteroatoms. The molecule has 0 radical (unpaired) electrons. The van der Waals surface area contributed by atoms with E-state index in [9.17, 15) is 10.1 Å². The van der Waals surface area contributed by atoms with Crippen molar-refractivity contribution in [2.24, 2.45) is 0 Å². The summed E-state index contributed by atoms with van der Waals surface area (Å²) in [7, 11) is 1.79. The molecule has 0 aliphatic carbocycles. The number of hydrogen-bond acceptors (Lipinski definition) is 4. The molecule has 0 saturated heterocycles. The van der Waals surface area contributed by atoms with Crippen LogP contribution in [0.4, 0.5) is 22.7 Å². The van der Waals surface area contributed by atoms with Crippen molar-refractivity contribution in [3.63, 3.8) is 0 Å². The van der Waals surface area contributed by atoms with Crippen molar-refractivity contribution in [1.82, 2.24) is 0 Å². The van der Waals surface area contributed by atoms with E-state index in [-0.39, 0.29) is 11.4 Å². The Labute approximate surface area is 111 Å². The highest BCUT2D eigenvalue weighted by atomic mass is 16.6. The number of nitro benzene ring substituents is 1. The van der Waals surface area contributed by atoms with Crippen LogP contribution in [0.5, 0.6) is 0 Å². The van der Waals surface area contributed by atoms with Crippen molar-refractivity contribution < 1.29 is 4.92 Å². The zero-order valence-corrected chi connectivity index (χ0v) is 10.8. The van der Waals surface area contributed by atoms with Crippen molar-refractivity contribution in [2.75, 3.05) is 17.7 Å². The van der Waals surface area contributed by atoms with Crippen LogP contribution in [0.15, 0.2) is 42.5 Å². The Balaban J connectivity index is 2.53. The maximum absolute atomic E-state index is 11.1. The lowest BCUT2D eigenvalue weighted by Gasteiger charge is -2.20. The number of nitrogens with two attached hydrogens (primary N) is 1. The average Bonchev–Trinajstić information content (AvgIpc) is 2.37. The fourth-order valence-corrected chi connectivity index (χ4v) is 1.99. The van der Waals surface area contributed by atoms with E-state index in [1.54, 1.807) is 24.1 Å². The predicted octanol–water partition coefficient (Wildman–Crippen LogP) is 3.25. The van der Waals surface area contributed by atoms with Crippen LogP contribution in [0.2, 0.25) is 0 Å². The summed E-state index contributed by atoms with van der Waals surface area (Å²) in [6.45, 7) is 1.98. The first kappa shape index (κ1) is 12.9. The molecule has 2 aromatic carbocycles. The minimum absolute atomic E-state index is 0.0634. The molecular weight excluding hydrogens is 242 g/mol. The predicted molar refractivity (Wildman–Crippen MR) is 76.8 cm³/mol. The molecule has 19 heavy (non-hydrogen) atoms. The van der Waals surface area contributed by atoms with Crippen LogP contribution in [0.1, 0.15) is 5.56 Å². The first-order valence-electron chi connectivity index (χ1n) is 5.84. The van der Waals surface area contributed by atoms with E-state index in [1.165, 1.54) is 6.07 Å². The van der Waals surface area contributed by atoms with E-state index in [0.29, 0.717) is 5.69 Å². The Kier molecular flexibility index (Phi) is 3.37. The molecule has 0 unspecified atom stereocenters. The standard InChI is InChI=1S/C14H15N3O2/c1-10-5-3-6-11(9-10)16(2)13-8-4-7-12(15)14(13)17(18)19/h3-9H,15H2,1-2H3. The summed E-state index contributed by atoms with van der Waals surface area (Å²) in [5, 5.41) is 11.1. The Hall–Kier alpha value is -2.56. The van der Waals surface area contributed by atoms with Gasteiger partial charge in [-0.2, -0.15) is 0 Å². The zero-order chi connectivity index (χ0) is 14.0. The van der Waals surface area contributed by atoms with Crippen molar-refractivity contribution in [3.8, 4) is 0 Å². The van der Waals surface area contributed by atoms with Crippen molar-refractivity contribution in [3.05, 3.63) is 58.1 Å². The molecule has 0 fully saturated rings. The van der Waals surface area contributed by atoms with Gasteiger partial charge in [-0.15, -0.1) is 0 Å². The van der Waals surface area contributed by atoms with Gasteiger partial charge in [-0.1, -0.05) is 18.2 Å². The normalized spacial score (nSPS) is 10.2. The number of hydrogen-bond donors (Lipinski definition) is 1. The molecule has 0 spiro atoms. The van der Waals surface area contributed by atoms with Crippen molar-refractivity contribution in [2.45, 2.75) is 6.92 Å². The van der Waals surface area contributed by atoms with Crippen molar-refractivity contribution in [1.29, 1.82) is 0 Å². The molecule has 0 aliphatic rings. The van der Waals surface area contributed by atoms with Gasteiger partial charge in [0, 0.05) is 12.7 Å². The quantitative estimate of drug-likeness (QED) is 0.520. The summed E-state index contributed by atoms with van der Waals surface area (Å²) in [6.07, 6.45) is 0. The van der Waals surface area contributed by atoms with Crippen LogP contribution in [-0.2, 0) is 0 Å². The summed E-state index contributed by atoms with van der Waals surface area (Å²) in [6, 6.07) is 12.7. The molecule has 2 N–H and O–H groups in total. The highest BCUT2D eigenvalue weighted by molar-refractivity contribution is 5.79. The van der Waals surface area contributed by atoms with E-state index in [4.69, 9.17) is 5.73 Å². The topological polar surface area (TPSA) is 72.4 Å². The second kappa shape index (κ2) is 4.97. The molecule has 0 saturated carbocycles. The number of para-hydroxylation sites is 1. The number of aryl methyl sites for hydroxylation is 1. The van der Waals surface area contributed by atoms with Crippen molar-refractivity contribution >= 4 is 22.7 Å². The largest absolute Gasteiger partial charge is 0.393 e. The lowest BCUT2D eigenvalue weighted by molar-refractivity contribution is -0.383. The molecule has 0 amide bonds. The van der Waals surface area contributed by atoms with Gasteiger partial charge in [0.25, 0.3) is 0 Å². The minimum atomic E-state index is -0.447.